The minimum absolute atomic E-state index is 0.0197. The van der Waals surface area contributed by atoms with Crippen molar-refractivity contribution in [3.63, 3.8) is 0 Å². The minimum Gasteiger partial charge on any atom is -0.406 e. The number of ether oxygens (including phenoxy) is 1. The lowest BCUT2D eigenvalue weighted by Crippen LogP contribution is -2.58. The van der Waals surface area contributed by atoms with Gasteiger partial charge in [0.05, 0.1) is 53.1 Å². The zero-order chi connectivity index (χ0) is 70.1. The van der Waals surface area contributed by atoms with Gasteiger partial charge >= 0.3 is 6.36 Å². The van der Waals surface area contributed by atoms with Crippen LogP contribution in [0, 0.1) is 30.1 Å². The van der Waals surface area contributed by atoms with Gasteiger partial charge in [-0.05, 0) is 153 Å². The second-order valence-electron chi connectivity index (χ2n) is 27.1. The number of hydrogen-bond acceptors (Lipinski definition) is 14. The first-order valence-corrected chi connectivity index (χ1v) is 34.8. The number of nitrogen functional groups attached to an aromatic ring is 1. The summed E-state index contributed by atoms with van der Waals surface area (Å²) in [4.78, 5) is 105. The summed E-state index contributed by atoms with van der Waals surface area (Å²) in [5.74, 6) is 4.96. The molecule has 11 rings (SSSR count). The number of aromatic nitrogens is 4. The van der Waals surface area contributed by atoms with E-state index in [9.17, 15) is 51.4 Å². The molecular weight excluding hydrogens is 1290 g/mol. The van der Waals surface area contributed by atoms with Gasteiger partial charge < -0.3 is 55.7 Å². The van der Waals surface area contributed by atoms with Gasteiger partial charge in [-0.3, -0.25) is 33.2 Å². The Balaban J connectivity index is 0.639. The Hall–Kier alpha value is -9.25. The Labute approximate surface area is 577 Å². The number of anilines is 2. The summed E-state index contributed by atoms with van der Waals surface area (Å²) in [7, 11) is 0. The van der Waals surface area contributed by atoms with Crippen LogP contribution in [0.5, 0.6) is 5.75 Å². The molecule has 3 saturated heterocycles. The number of nitrogens with two attached hydrogens (primary N) is 1. The van der Waals surface area contributed by atoms with E-state index in [1.165, 1.54) is 40.8 Å². The Morgan fingerprint density at radius 2 is 1.59 bits per heavy atom. The molecule has 0 unspecified atom stereocenters. The number of piperidine rings is 2. The zero-order valence-electron chi connectivity index (χ0n) is 56.1. The number of amides is 6. The highest BCUT2D eigenvalue weighted by Gasteiger charge is 2.45. The molecule has 25 heteroatoms. The highest BCUT2D eigenvalue weighted by Crippen LogP contribution is 2.39. The van der Waals surface area contributed by atoms with Gasteiger partial charge in [-0.25, -0.2) is 15.0 Å². The van der Waals surface area contributed by atoms with Crippen LogP contribution in [-0.2, 0) is 43.4 Å². The number of carbonyl (C=O) groups excluding carboxylic acids is 6. The van der Waals surface area contributed by atoms with E-state index < -0.39 is 60.4 Å². The maximum Gasteiger partial charge on any atom is 0.573 e. The third-order valence-electron chi connectivity index (χ3n) is 19.1. The van der Waals surface area contributed by atoms with Gasteiger partial charge in [0.1, 0.15) is 35.6 Å². The maximum absolute atomic E-state index is 14.5. The first-order chi connectivity index (χ1) is 47.5. The van der Waals surface area contributed by atoms with Crippen LogP contribution in [0.3, 0.4) is 0 Å². The largest absolute Gasteiger partial charge is 0.573 e. The summed E-state index contributed by atoms with van der Waals surface area (Å²) in [5, 5.41) is 20.6. The normalized spacial score (nSPS) is 17.6. The zero-order valence-corrected chi connectivity index (χ0v) is 56.9. The van der Waals surface area contributed by atoms with Crippen molar-refractivity contribution >= 4 is 69.3 Å². The third kappa shape index (κ3) is 17.6. The molecule has 0 saturated carbocycles. The molecule has 4 aromatic carbocycles. The van der Waals surface area contributed by atoms with Crippen LogP contribution in [0.1, 0.15) is 129 Å². The molecule has 522 valence electrons. The molecule has 99 heavy (non-hydrogen) atoms. The lowest BCUT2D eigenvalue weighted by Gasteiger charge is -2.41. The molecule has 20 nitrogen and oxygen atoms in total. The first kappa shape index (κ1) is 71.0. The van der Waals surface area contributed by atoms with Crippen molar-refractivity contribution in [2.45, 2.75) is 148 Å². The number of aryl methyl sites for hydroxylation is 2. The van der Waals surface area contributed by atoms with Gasteiger partial charge in [0.25, 0.3) is 5.91 Å². The molecule has 4 atom stereocenters. The van der Waals surface area contributed by atoms with Crippen LogP contribution < -0.4 is 31.3 Å². The van der Waals surface area contributed by atoms with Crippen molar-refractivity contribution in [2.24, 2.45) is 11.3 Å². The van der Waals surface area contributed by atoms with Crippen molar-refractivity contribution in [3.05, 3.63) is 143 Å². The topological polar surface area (TPSA) is 251 Å². The number of nitrogens with one attached hydrogen (secondary N) is 3. The van der Waals surface area contributed by atoms with E-state index in [1.54, 1.807) is 28.6 Å². The summed E-state index contributed by atoms with van der Waals surface area (Å²) in [6.07, 6.45) is 2.55. The molecule has 0 spiro atoms. The van der Waals surface area contributed by atoms with Crippen molar-refractivity contribution in [2.75, 3.05) is 63.1 Å². The molecule has 7 heterocycles. The summed E-state index contributed by atoms with van der Waals surface area (Å²) >= 11 is 1.52. The number of rotatable bonds is 22. The number of hydrogen-bond donors (Lipinski definition) is 5. The number of nitrogens with zero attached hydrogens (tertiary/aromatic N) is 8. The molecule has 0 radical (unpaired) electrons. The predicted octanol–water partition coefficient (Wildman–Crippen LogP) is 9.90. The Morgan fingerprint density at radius 1 is 0.838 bits per heavy atom. The molecular formula is C74H84F4N12O8S. The fourth-order valence-electron chi connectivity index (χ4n) is 13.8. The highest BCUT2D eigenvalue weighted by molar-refractivity contribution is 7.13. The van der Waals surface area contributed by atoms with Crippen LogP contribution >= 0.6 is 11.3 Å². The van der Waals surface area contributed by atoms with Crippen molar-refractivity contribution in [1.29, 1.82) is 0 Å². The smallest absolute Gasteiger partial charge is 0.406 e. The van der Waals surface area contributed by atoms with E-state index in [0.29, 0.717) is 91.6 Å². The molecule has 0 aliphatic carbocycles. The lowest BCUT2D eigenvalue weighted by molar-refractivity contribution is -0.274. The van der Waals surface area contributed by atoms with E-state index >= 15 is 0 Å². The Kier molecular flexibility index (Phi) is 22.5. The van der Waals surface area contributed by atoms with Crippen LogP contribution in [0.2, 0.25) is 0 Å². The van der Waals surface area contributed by atoms with Gasteiger partial charge in [-0.15, -0.1) is 24.5 Å². The number of thiazole rings is 1. The number of alkyl halides is 4. The second-order valence-corrected chi connectivity index (χ2v) is 28.0. The van der Waals surface area contributed by atoms with E-state index in [0.717, 1.165) is 82.8 Å². The molecule has 0 bridgehead atoms. The van der Waals surface area contributed by atoms with Crippen molar-refractivity contribution in [3.8, 4) is 39.2 Å². The number of unbranched alkanes of at least 4 members (excludes halogenated alkanes) is 1. The van der Waals surface area contributed by atoms with E-state index in [-0.39, 0.29) is 68.0 Å². The molecule has 6 amide bonds. The van der Waals surface area contributed by atoms with Gasteiger partial charge in [0.15, 0.2) is 0 Å². The lowest BCUT2D eigenvalue weighted by atomic mass is 9.85. The van der Waals surface area contributed by atoms with Crippen LogP contribution in [0.25, 0.3) is 32.6 Å². The summed E-state index contributed by atoms with van der Waals surface area (Å²) in [6.45, 7) is 10.9. The number of benzene rings is 4. The van der Waals surface area contributed by atoms with Crippen molar-refractivity contribution in [1.82, 2.24) is 50.2 Å². The van der Waals surface area contributed by atoms with E-state index in [2.05, 4.69) is 52.4 Å². The molecule has 6 N–H and O–H groups in total. The summed E-state index contributed by atoms with van der Waals surface area (Å²) < 4.78 is 57.4. The SMILES string of the molecule is Cc1ncsc1-c1ccc([C@H](CC(=O)N2CCC(N3CCC(C#Cc4ccc(C(=O)NCCCn5cc(-c6ccc7c(c6)CCN7C(=O)Cc6cccc(OC(F)(F)F)c6)c6c(N)ncnc65)cc4)CC3)CC2)NC(=O)[C@@H]2C[C@@H](O)CN2C(=O)[C@@H](NC(=O)CCCCF)C(C)(C)C)cc1. The molecule has 4 aliphatic heterocycles. The monoisotopic (exact) mass is 1380 g/mol. The summed E-state index contributed by atoms with van der Waals surface area (Å²) in [5.41, 5.74) is 15.7. The fraction of sp³-hybridized carbons (Fsp3) is 0.446. The average Bonchev–Trinajstić information content (AvgIpc) is 1.63. The standard InChI is InChI=1S/C74H84F4N12O8S/c1-46-66(99-45-83-46)51-20-18-50(19-21-51)59(84-71(96)61-40-56(91)42-90(61)72(97)67(73(2,3)4)85-62(92)11-5-6-29-75)41-63(93)87-34-27-55(28-35-87)86-32-24-48(25-33-86)13-12-47-14-16-52(17-15-47)70(95)80-30-8-31-88-43-58(65-68(79)81-44-82-69(65)88)53-22-23-60-54(39-53)26-36-89(60)64(94)38-49-9-7-10-57(37-49)98-74(76,77)78/h7,9-10,14-23,37,39,43-45,48,55-56,59,61,67,91H,5-6,8,11,24-36,38,40-42H2,1-4H3,(H,80,95)(H,84,96)(H,85,92)(H2,79,81,82)/t56-,59+,61+,67-/m1/s1. The number of aliphatic hydroxyl groups is 1. The van der Waals surface area contributed by atoms with Gasteiger partial charge in [-0.2, -0.15) is 0 Å². The predicted molar refractivity (Wildman–Crippen MR) is 370 cm³/mol. The van der Waals surface area contributed by atoms with Crippen LogP contribution in [0.4, 0.5) is 29.1 Å². The van der Waals surface area contributed by atoms with Crippen LogP contribution in [0.15, 0.2) is 109 Å². The Bertz CT molecular complexity index is 4130. The van der Waals surface area contributed by atoms with Gasteiger partial charge in [0.2, 0.25) is 29.5 Å². The minimum atomic E-state index is -4.84. The van der Waals surface area contributed by atoms with E-state index in [4.69, 9.17) is 5.73 Å². The number of likely N-dealkylation sites (tertiary alicyclic amines) is 3. The number of halogens is 4. The quantitative estimate of drug-likeness (QED) is 0.0241. The number of aliphatic hydroxyl groups excluding tert-OH is 1. The molecule has 7 aromatic rings. The number of fused-ring (bicyclic) bond motifs is 2. The highest BCUT2D eigenvalue weighted by atomic mass is 32.1. The average molecular weight is 1380 g/mol. The van der Waals surface area contributed by atoms with Crippen LogP contribution in [-0.4, -0.2) is 158 Å². The number of carbonyl (C=O) groups is 6. The Morgan fingerprint density at radius 3 is 2.29 bits per heavy atom. The first-order valence-electron chi connectivity index (χ1n) is 33.9. The molecule has 3 aromatic heterocycles. The number of β-amino-alcohol motifs (C(OH)–C–C–N with tert-alkyl or cyclic N) is 1. The molecule has 4 aliphatic rings. The third-order valence-corrected chi connectivity index (χ3v) is 20.1. The van der Waals surface area contributed by atoms with Crippen molar-refractivity contribution < 1.29 is 56.2 Å². The second kappa shape index (κ2) is 31.3. The van der Waals surface area contributed by atoms with E-state index in [1.807, 2.05) is 98.0 Å². The maximum atomic E-state index is 14.5. The fourth-order valence-corrected chi connectivity index (χ4v) is 14.6. The molecule has 3 fully saturated rings. The van der Waals surface area contributed by atoms with Gasteiger partial charge in [-0.1, -0.05) is 75.1 Å². The summed E-state index contributed by atoms with van der Waals surface area (Å²) in [6, 6.07) is 23.6. The van der Waals surface area contributed by atoms with Gasteiger partial charge in [0, 0.05) is 92.6 Å².